The van der Waals surface area contributed by atoms with E-state index in [1.807, 2.05) is 42.7 Å². The van der Waals surface area contributed by atoms with Crippen LogP contribution >= 0.6 is 23.4 Å². The van der Waals surface area contributed by atoms with Gasteiger partial charge < -0.3 is 14.2 Å². The first kappa shape index (κ1) is 17.9. The number of hydrogen-bond acceptors (Lipinski definition) is 6. The second-order valence-electron chi connectivity index (χ2n) is 5.97. The average molecular weight is 402 g/mol. The molecule has 0 N–H and O–H groups in total. The highest BCUT2D eigenvalue weighted by molar-refractivity contribution is 7.98. The fourth-order valence-corrected chi connectivity index (χ4v) is 3.41. The molecule has 5 nitrogen and oxygen atoms in total. The Morgan fingerprint density at radius 1 is 1.26 bits per heavy atom. The number of nitrogens with zero attached hydrogens (tertiary/aromatic N) is 1. The van der Waals surface area contributed by atoms with Gasteiger partial charge in [-0.05, 0) is 36.6 Å². The average Bonchev–Trinajstić information content (AvgIpc) is 2.71. The lowest BCUT2D eigenvalue weighted by Crippen LogP contribution is -2.37. The van der Waals surface area contributed by atoms with Gasteiger partial charge in [-0.15, -0.1) is 11.8 Å². The number of ether oxygens (including phenoxy) is 3. The molecule has 1 atom stereocenters. The number of benzene rings is 2. The number of thioether (sulfide) groups is 1. The predicted molar refractivity (Wildman–Crippen MR) is 105 cm³/mol. The molecule has 0 spiro atoms. The Balaban J connectivity index is 1.45. The van der Waals surface area contributed by atoms with Crippen LogP contribution in [0, 0.1) is 0 Å². The Bertz CT molecular complexity index is 1010. The molecule has 7 heteroatoms. The fraction of sp³-hybridized carbons (Fsp3) is 0.200. The molecule has 0 saturated carbocycles. The molecular formula is C20H16ClNO4S. The van der Waals surface area contributed by atoms with Crippen molar-refractivity contribution in [1.82, 2.24) is 4.98 Å². The second kappa shape index (κ2) is 7.66. The van der Waals surface area contributed by atoms with E-state index in [-0.39, 0.29) is 13.2 Å². The molecule has 0 bridgehead atoms. The number of para-hydroxylation sites is 2. The summed E-state index contributed by atoms with van der Waals surface area (Å²) in [6, 6.07) is 15.1. The minimum absolute atomic E-state index is 0.0202. The molecular weight excluding hydrogens is 386 g/mol. The van der Waals surface area contributed by atoms with Crippen LogP contribution in [0.5, 0.6) is 11.5 Å². The number of hydrogen-bond donors (Lipinski definition) is 0. The van der Waals surface area contributed by atoms with Crippen LogP contribution in [-0.2, 0) is 16.1 Å². The minimum Gasteiger partial charge on any atom is -0.485 e. The van der Waals surface area contributed by atoms with Crippen molar-refractivity contribution >= 4 is 40.2 Å². The van der Waals surface area contributed by atoms with Crippen molar-refractivity contribution in [3.63, 3.8) is 0 Å². The first-order chi connectivity index (χ1) is 13.1. The molecule has 1 aliphatic rings. The fourth-order valence-electron chi connectivity index (χ4n) is 2.77. The SMILES string of the molecule is CSc1ccc2cc(COC(=O)[C@@H]3COc4ccccc4O3)c(Cl)nc2c1. The van der Waals surface area contributed by atoms with Gasteiger partial charge in [0.1, 0.15) is 18.4 Å². The predicted octanol–water partition coefficient (Wildman–Crippen LogP) is 4.49. The summed E-state index contributed by atoms with van der Waals surface area (Å²) in [4.78, 5) is 17.9. The summed E-state index contributed by atoms with van der Waals surface area (Å²) in [5.41, 5.74) is 1.45. The molecule has 0 aliphatic carbocycles. The van der Waals surface area contributed by atoms with Crippen LogP contribution in [0.25, 0.3) is 10.9 Å². The van der Waals surface area contributed by atoms with Gasteiger partial charge in [-0.1, -0.05) is 29.8 Å². The van der Waals surface area contributed by atoms with E-state index in [1.165, 1.54) is 0 Å². The molecule has 1 aliphatic heterocycles. The van der Waals surface area contributed by atoms with E-state index >= 15 is 0 Å². The Morgan fingerprint density at radius 2 is 2.07 bits per heavy atom. The van der Waals surface area contributed by atoms with E-state index in [0.717, 1.165) is 15.8 Å². The van der Waals surface area contributed by atoms with E-state index in [1.54, 1.807) is 23.9 Å². The van der Waals surface area contributed by atoms with Crippen molar-refractivity contribution in [2.45, 2.75) is 17.6 Å². The van der Waals surface area contributed by atoms with E-state index in [4.69, 9.17) is 25.8 Å². The number of fused-ring (bicyclic) bond motifs is 2. The van der Waals surface area contributed by atoms with E-state index in [0.29, 0.717) is 22.2 Å². The number of rotatable bonds is 4. The number of aromatic nitrogens is 1. The van der Waals surface area contributed by atoms with Gasteiger partial charge in [0.05, 0.1) is 5.52 Å². The van der Waals surface area contributed by atoms with E-state index < -0.39 is 12.1 Å². The third-order valence-electron chi connectivity index (χ3n) is 4.19. The summed E-state index contributed by atoms with van der Waals surface area (Å²) in [7, 11) is 0. The van der Waals surface area contributed by atoms with Crippen LogP contribution in [0.3, 0.4) is 0 Å². The summed E-state index contributed by atoms with van der Waals surface area (Å²) >= 11 is 7.91. The first-order valence-corrected chi connectivity index (χ1v) is 9.92. The summed E-state index contributed by atoms with van der Waals surface area (Å²) in [5.74, 6) is 0.645. The summed E-state index contributed by atoms with van der Waals surface area (Å²) < 4.78 is 16.6. The van der Waals surface area contributed by atoms with Crippen molar-refractivity contribution < 1.29 is 19.0 Å². The quantitative estimate of drug-likeness (QED) is 0.364. The topological polar surface area (TPSA) is 57.7 Å². The normalized spacial score (nSPS) is 15.6. The standard InChI is InChI=1S/C20H16ClNO4S/c1-27-14-7-6-12-8-13(19(21)22-15(12)9-14)10-25-20(23)18-11-24-16-4-2-3-5-17(16)26-18/h2-9,18H,10-11H2,1H3/t18-/m0/s1. The van der Waals surface area contributed by atoms with Gasteiger partial charge in [0.2, 0.25) is 6.10 Å². The highest BCUT2D eigenvalue weighted by atomic mass is 35.5. The molecule has 2 aromatic carbocycles. The van der Waals surface area contributed by atoms with Crippen LogP contribution < -0.4 is 9.47 Å². The van der Waals surface area contributed by atoms with Crippen molar-refractivity contribution in [3.8, 4) is 11.5 Å². The molecule has 3 aromatic rings. The molecule has 0 unspecified atom stereocenters. The second-order valence-corrected chi connectivity index (χ2v) is 7.21. The van der Waals surface area contributed by atoms with Gasteiger partial charge in [0.15, 0.2) is 11.5 Å². The van der Waals surface area contributed by atoms with Crippen LogP contribution in [0.2, 0.25) is 5.15 Å². The maximum atomic E-state index is 12.3. The monoisotopic (exact) mass is 401 g/mol. The Hall–Kier alpha value is -2.44. The lowest BCUT2D eigenvalue weighted by molar-refractivity contribution is -0.155. The van der Waals surface area contributed by atoms with Gasteiger partial charge in [-0.25, -0.2) is 9.78 Å². The molecule has 0 radical (unpaired) electrons. The Morgan fingerprint density at radius 3 is 2.89 bits per heavy atom. The van der Waals surface area contributed by atoms with Crippen LogP contribution in [0.1, 0.15) is 5.56 Å². The smallest absolute Gasteiger partial charge is 0.351 e. The van der Waals surface area contributed by atoms with Crippen LogP contribution in [0.4, 0.5) is 0 Å². The Labute approximate surface area is 165 Å². The van der Waals surface area contributed by atoms with E-state index in [2.05, 4.69) is 4.98 Å². The maximum Gasteiger partial charge on any atom is 0.351 e. The summed E-state index contributed by atoms with van der Waals surface area (Å²) in [6.07, 6.45) is 1.20. The zero-order chi connectivity index (χ0) is 18.8. The summed E-state index contributed by atoms with van der Waals surface area (Å²) in [5, 5.41) is 1.26. The van der Waals surface area contributed by atoms with Crippen LogP contribution in [0.15, 0.2) is 53.4 Å². The van der Waals surface area contributed by atoms with Gasteiger partial charge in [-0.3, -0.25) is 0 Å². The number of carbonyl (C=O) groups excluding carboxylic acids is 1. The zero-order valence-electron chi connectivity index (χ0n) is 14.5. The van der Waals surface area contributed by atoms with Crippen molar-refractivity contribution in [2.24, 2.45) is 0 Å². The molecule has 27 heavy (non-hydrogen) atoms. The number of halogens is 1. The Kier molecular flexibility index (Phi) is 5.09. The van der Waals surface area contributed by atoms with Gasteiger partial charge in [-0.2, -0.15) is 0 Å². The van der Waals surface area contributed by atoms with Crippen molar-refractivity contribution in [3.05, 3.63) is 59.2 Å². The molecule has 138 valence electrons. The molecule has 1 aromatic heterocycles. The lowest BCUT2D eigenvalue weighted by Gasteiger charge is -2.25. The van der Waals surface area contributed by atoms with E-state index in [9.17, 15) is 4.79 Å². The van der Waals surface area contributed by atoms with Crippen molar-refractivity contribution in [1.29, 1.82) is 0 Å². The third-order valence-corrected chi connectivity index (χ3v) is 5.24. The first-order valence-electron chi connectivity index (χ1n) is 8.32. The molecule has 0 saturated heterocycles. The molecule has 2 heterocycles. The molecule has 0 fully saturated rings. The minimum atomic E-state index is -0.809. The van der Waals surface area contributed by atoms with Gasteiger partial charge in [0, 0.05) is 15.8 Å². The highest BCUT2D eigenvalue weighted by Crippen LogP contribution is 2.31. The van der Waals surface area contributed by atoms with Crippen molar-refractivity contribution in [2.75, 3.05) is 12.9 Å². The summed E-state index contributed by atoms with van der Waals surface area (Å²) in [6.45, 7) is 0.128. The van der Waals surface area contributed by atoms with Crippen LogP contribution in [-0.4, -0.2) is 29.9 Å². The van der Waals surface area contributed by atoms with Gasteiger partial charge in [0.25, 0.3) is 0 Å². The lowest BCUT2D eigenvalue weighted by atomic mass is 10.1. The molecule has 4 rings (SSSR count). The third kappa shape index (κ3) is 3.82. The number of esters is 1. The molecule has 0 amide bonds. The number of carbonyl (C=O) groups is 1. The highest BCUT2D eigenvalue weighted by Gasteiger charge is 2.28. The maximum absolute atomic E-state index is 12.3. The number of pyridine rings is 1. The zero-order valence-corrected chi connectivity index (χ0v) is 16.0. The van der Waals surface area contributed by atoms with Gasteiger partial charge >= 0.3 is 5.97 Å². The largest absolute Gasteiger partial charge is 0.485 e.